The van der Waals surface area contributed by atoms with E-state index in [4.69, 9.17) is 0 Å². The summed E-state index contributed by atoms with van der Waals surface area (Å²) >= 11 is 1.31. The Morgan fingerprint density at radius 1 is 1.88 bits per heavy atom. The van der Waals surface area contributed by atoms with E-state index in [0.29, 0.717) is 5.13 Å². The summed E-state index contributed by atoms with van der Waals surface area (Å²) in [7, 11) is 0. The number of hydrogen-bond donors (Lipinski definition) is 0. The molecule has 1 rings (SSSR count). The Hall–Kier alpha value is -0.990. The Balaban J connectivity index is 2.93. The number of rotatable bonds is 1. The number of hydrogen-bond acceptors (Lipinski definition) is 4. The minimum Gasteiger partial charge on any atom is -0.226 e. The maximum atomic E-state index is 9.55. The first-order chi connectivity index (χ1) is 3.93. The Bertz CT molecular complexity index is 200. The first-order valence-electron chi connectivity index (χ1n) is 1.91. The van der Waals surface area contributed by atoms with Crippen molar-refractivity contribution in [1.82, 2.24) is 4.98 Å². The van der Waals surface area contributed by atoms with Crippen LogP contribution in [0.2, 0.25) is 0 Å². The average molecular weight is 126 g/mol. The fourth-order valence-electron chi connectivity index (χ4n) is 0.310. The molecule has 0 aromatic carbocycles. The molecule has 8 heavy (non-hydrogen) atoms. The molecule has 0 atom stereocenters. The van der Waals surface area contributed by atoms with Gasteiger partial charge in [0.1, 0.15) is 0 Å². The van der Waals surface area contributed by atoms with Crippen LogP contribution in [0.3, 0.4) is 0 Å². The molecule has 0 fully saturated rings. The number of carbonyl (C=O) groups excluding carboxylic acids is 1. The summed E-state index contributed by atoms with van der Waals surface area (Å²) in [6, 6.07) is 0. The molecule has 1 aromatic rings. The van der Waals surface area contributed by atoms with E-state index in [1.165, 1.54) is 17.4 Å². The Labute approximate surface area is 49.7 Å². The van der Waals surface area contributed by atoms with Gasteiger partial charge in [-0.15, -0.1) is 16.3 Å². The van der Waals surface area contributed by atoms with Crippen molar-refractivity contribution >= 4 is 22.5 Å². The lowest BCUT2D eigenvalue weighted by Gasteiger charge is -1.67. The Morgan fingerprint density at radius 2 is 2.75 bits per heavy atom. The van der Waals surface area contributed by atoms with Crippen LogP contribution >= 0.6 is 11.3 Å². The minimum absolute atomic E-state index is 0.458. The van der Waals surface area contributed by atoms with Gasteiger partial charge < -0.3 is 0 Å². The lowest BCUT2D eigenvalue weighted by Crippen LogP contribution is -1.53. The molecular formula is C4H2N2OS. The first kappa shape index (κ1) is 5.15. The molecule has 0 unspecified atom stereocenters. The normalized spacial score (nSPS) is 8.00. The molecule has 4 heteroatoms. The van der Waals surface area contributed by atoms with Gasteiger partial charge in [-0.05, 0) is 0 Å². The summed E-state index contributed by atoms with van der Waals surface area (Å²) in [4.78, 5) is 16.5. The molecule has 0 aliphatic rings. The molecule has 0 bridgehead atoms. The van der Waals surface area contributed by atoms with E-state index in [-0.39, 0.29) is 0 Å². The number of aliphatic imine (C=N–C) groups is 1. The third-order valence-corrected chi connectivity index (χ3v) is 1.23. The van der Waals surface area contributed by atoms with E-state index >= 15 is 0 Å². The van der Waals surface area contributed by atoms with Crippen molar-refractivity contribution in [1.29, 1.82) is 0 Å². The molecule has 1 heterocycles. The van der Waals surface area contributed by atoms with E-state index in [1.54, 1.807) is 11.6 Å². The highest BCUT2D eigenvalue weighted by Crippen LogP contribution is 2.12. The van der Waals surface area contributed by atoms with Gasteiger partial charge in [-0.2, -0.15) is 0 Å². The third kappa shape index (κ3) is 0.992. The van der Waals surface area contributed by atoms with Crippen LogP contribution in [0.5, 0.6) is 0 Å². The lowest BCUT2D eigenvalue weighted by atomic mass is 11.0. The van der Waals surface area contributed by atoms with E-state index in [1.807, 2.05) is 0 Å². The monoisotopic (exact) mass is 126 g/mol. The van der Waals surface area contributed by atoms with E-state index in [0.717, 1.165) is 0 Å². The molecule has 0 aliphatic carbocycles. The van der Waals surface area contributed by atoms with Crippen molar-refractivity contribution in [3.05, 3.63) is 11.6 Å². The second kappa shape index (κ2) is 2.35. The van der Waals surface area contributed by atoms with Gasteiger partial charge in [0.2, 0.25) is 11.2 Å². The van der Waals surface area contributed by atoms with Crippen LogP contribution in [0.15, 0.2) is 16.6 Å². The third-order valence-electron chi connectivity index (χ3n) is 0.561. The van der Waals surface area contributed by atoms with Gasteiger partial charge in [-0.3, -0.25) is 0 Å². The van der Waals surface area contributed by atoms with Crippen molar-refractivity contribution < 1.29 is 4.79 Å². The topological polar surface area (TPSA) is 42.3 Å². The van der Waals surface area contributed by atoms with Crippen LogP contribution in [-0.4, -0.2) is 11.1 Å². The van der Waals surface area contributed by atoms with E-state index < -0.39 is 0 Å². The quantitative estimate of drug-likeness (QED) is 0.418. The molecule has 0 spiro atoms. The van der Waals surface area contributed by atoms with Crippen LogP contribution in [0.1, 0.15) is 0 Å². The van der Waals surface area contributed by atoms with Gasteiger partial charge in [0.25, 0.3) is 0 Å². The van der Waals surface area contributed by atoms with Crippen LogP contribution in [0.25, 0.3) is 0 Å². The van der Waals surface area contributed by atoms with Gasteiger partial charge in [-0.25, -0.2) is 9.78 Å². The van der Waals surface area contributed by atoms with Gasteiger partial charge in [-0.1, -0.05) is 0 Å². The highest BCUT2D eigenvalue weighted by atomic mass is 32.1. The summed E-state index contributed by atoms with van der Waals surface area (Å²) < 4.78 is 0. The molecule has 0 saturated heterocycles. The van der Waals surface area contributed by atoms with Gasteiger partial charge in [0, 0.05) is 11.6 Å². The zero-order chi connectivity index (χ0) is 5.82. The fourth-order valence-corrected chi connectivity index (χ4v) is 0.765. The smallest absolute Gasteiger partial charge is 0.226 e. The Kier molecular flexibility index (Phi) is 1.51. The molecular weight excluding hydrogens is 124 g/mol. The van der Waals surface area contributed by atoms with Crippen molar-refractivity contribution in [3.63, 3.8) is 0 Å². The summed E-state index contributed by atoms with van der Waals surface area (Å²) in [5, 5.41) is 2.20. The predicted molar refractivity (Wildman–Crippen MR) is 29.9 cm³/mol. The van der Waals surface area contributed by atoms with E-state index in [9.17, 15) is 4.79 Å². The van der Waals surface area contributed by atoms with Crippen molar-refractivity contribution in [2.45, 2.75) is 0 Å². The summed E-state index contributed by atoms with van der Waals surface area (Å²) in [5.74, 6) is 0. The average Bonchev–Trinajstić information content (AvgIpc) is 2.19. The highest BCUT2D eigenvalue weighted by Gasteiger charge is 1.84. The fraction of sp³-hybridized carbons (Fsp3) is 0. The SMILES string of the molecule is O=C=Nc1nccs1. The zero-order valence-corrected chi connectivity index (χ0v) is 4.68. The van der Waals surface area contributed by atoms with Crippen molar-refractivity contribution in [2.75, 3.05) is 0 Å². The summed E-state index contributed by atoms with van der Waals surface area (Å²) in [5.41, 5.74) is 0. The minimum atomic E-state index is 0.458. The van der Waals surface area contributed by atoms with Gasteiger partial charge >= 0.3 is 0 Å². The highest BCUT2D eigenvalue weighted by molar-refractivity contribution is 7.13. The maximum Gasteiger partial charge on any atom is 0.242 e. The van der Waals surface area contributed by atoms with Crippen LogP contribution in [-0.2, 0) is 4.79 Å². The number of thiazole rings is 1. The molecule has 3 nitrogen and oxygen atoms in total. The van der Waals surface area contributed by atoms with Crippen LogP contribution in [0.4, 0.5) is 5.13 Å². The van der Waals surface area contributed by atoms with E-state index in [2.05, 4.69) is 9.98 Å². The zero-order valence-electron chi connectivity index (χ0n) is 3.87. The summed E-state index contributed by atoms with van der Waals surface area (Å²) in [6.45, 7) is 0. The Morgan fingerprint density at radius 3 is 3.25 bits per heavy atom. The van der Waals surface area contributed by atoms with Gasteiger partial charge in [0.05, 0.1) is 0 Å². The summed E-state index contributed by atoms with van der Waals surface area (Å²) in [6.07, 6.45) is 2.98. The van der Waals surface area contributed by atoms with Crippen molar-refractivity contribution in [2.24, 2.45) is 4.99 Å². The number of aromatic nitrogens is 1. The first-order valence-corrected chi connectivity index (χ1v) is 2.79. The lowest BCUT2D eigenvalue weighted by molar-refractivity contribution is 0.565. The molecule has 1 aromatic heterocycles. The van der Waals surface area contributed by atoms with Gasteiger partial charge in [0.15, 0.2) is 0 Å². The number of isocyanates is 1. The largest absolute Gasteiger partial charge is 0.242 e. The second-order valence-corrected chi connectivity index (χ2v) is 1.89. The predicted octanol–water partition coefficient (Wildman–Crippen LogP) is 1.11. The van der Waals surface area contributed by atoms with Crippen molar-refractivity contribution in [3.8, 4) is 0 Å². The van der Waals surface area contributed by atoms with Crippen LogP contribution < -0.4 is 0 Å². The molecule has 0 N–H and O–H groups in total. The molecule has 0 aliphatic heterocycles. The second-order valence-electron chi connectivity index (χ2n) is 1.02. The molecule has 0 radical (unpaired) electrons. The van der Waals surface area contributed by atoms with Crippen LogP contribution in [0, 0.1) is 0 Å². The maximum absolute atomic E-state index is 9.55. The molecule has 40 valence electrons. The molecule has 0 amide bonds. The standard InChI is InChI=1S/C4H2N2OS/c7-3-6-4-5-1-2-8-4/h1-2H. The molecule has 0 saturated carbocycles. The number of nitrogens with zero attached hydrogens (tertiary/aromatic N) is 2.